The SMILES string of the molecule is COc1cc(-c2ccc(C#N)cc2Cl)c(OC)cc1-c1ccccc1Cl. The molecule has 0 saturated heterocycles. The number of halogens is 2. The van der Waals surface area contributed by atoms with E-state index in [1.54, 1.807) is 32.4 Å². The van der Waals surface area contributed by atoms with Crippen LogP contribution >= 0.6 is 23.2 Å². The lowest BCUT2D eigenvalue weighted by Crippen LogP contribution is -1.95. The Balaban J connectivity index is 2.23. The van der Waals surface area contributed by atoms with Gasteiger partial charge in [0.2, 0.25) is 0 Å². The lowest BCUT2D eigenvalue weighted by molar-refractivity contribution is 0.406. The quantitative estimate of drug-likeness (QED) is 0.537. The molecule has 0 aliphatic heterocycles. The predicted molar refractivity (Wildman–Crippen MR) is 105 cm³/mol. The second-order valence-electron chi connectivity index (χ2n) is 5.54. The molecule has 0 aliphatic carbocycles. The lowest BCUT2D eigenvalue weighted by atomic mass is 9.97. The van der Waals surface area contributed by atoms with Crippen molar-refractivity contribution in [3.8, 4) is 39.8 Å². The smallest absolute Gasteiger partial charge is 0.127 e. The van der Waals surface area contributed by atoms with E-state index in [1.807, 2.05) is 36.4 Å². The highest BCUT2D eigenvalue weighted by atomic mass is 35.5. The minimum Gasteiger partial charge on any atom is -0.496 e. The highest BCUT2D eigenvalue weighted by Crippen LogP contribution is 2.44. The van der Waals surface area contributed by atoms with Crippen LogP contribution in [0.25, 0.3) is 22.3 Å². The standard InChI is InChI=1S/C21H15Cl2NO2/c1-25-20-11-17(15-8-7-13(12-24)9-19(15)23)21(26-2)10-16(20)14-5-3-4-6-18(14)22/h3-11H,1-2H3. The van der Waals surface area contributed by atoms with Crippen molar-refractivity contribution in [2.75, 3.05) is 14.2 Å². The van der Waals surface area contributed by atoms with Crippen molar-refractivity contribution < 1.29 is 9.47 Å². The van der Waals surface area contributed by atoms with E-state index in [1.165, 1.54) is 0 Å². The van der Waals surface area contributed by atoms with Crippen molar-refractivity contribution in [2.45, 2.75) is 0 Å². The highest BCUT2D eigenvalue weighted by Gasteiger charge is 2.17. The van der Waals surface area contributed by atoms with Crippen LogP contribution in [0.2, 0.25) is 10.0 Å². The summed E-state index contributed by atoms with van der Waals surface area (Å²) in [5.74, 6) is 1.28. The molecule has 0 N–H and O–H groups in total. The van der Waals surface area contributed by atoms with Crippen molar-refractivity contribution in [1.82, 2.24) is 0 Å². The zero-order valence-electron chi connectivity index (χ0n) is 14.2. The molecule has 130 valence electrons. The van der Waals surface area contributed by atoms with E-state index in [0.717, 1.165) is 22.3 Å². The van der Waals surface area contributed by atoms with Gasteiger partial charge < -0.3 is 9.47 Å². The van der Waals surface area contributed by atoms with Crippen molar-refractivity contribution in [3.05, 3.63) is 70.2 Å². The normalized spacial score (nSPS) is 10.3. The first kappa shape index (κ1) is 18.1. The molecule has 3 aromatic rings. The average molecular weight is 384 g/mol. The number of hydrogen-bond donors (Lipinski definition) is 0. The van der Waals surface area contributed by atoms with Crippen molar-refractivity contribution in [3.63, 3.8) is 0 Å². The van der Waals surface area contributed by atoms with E-state index in [9.17, 15) is 0 Å². The van der Waals surface area contributed by atoms with Gasteiger partial charge in [0.15, 0.2) is 0 Å². The molecule has 0 unspecified atom stereocenters. The molecule has 0 aliphatic rings. The number of nitrogens with zero attached hydrogens (tertiary/aromatic N) is 1. The van der Waals surface area contributed by atoms with Gasteiger partial charge in [0.1, 0.15) is 11.5 Å². The van der Waals surface area contributed by atoms with Gasteiger partial charge in [-0.15, -0.1) is 0 Å². The Hall–Kier alpha value is -2.67. The fourth-order valence-corrected chi connectivity index (χ4v) is 3.32. The maximum absolute atomic E-state index is 9.03. The Morgan fingerprint density at radius 1 is 0.731 bits per heavy atom. The van der Waals surface area contributed by atoms with E-state index in [2.05, 4.69) is 6.07 Å². The maximum atomic E-state index is 9.03. The van der Waals surface area contributed by atoms with E-state index in [-0.39, 0.29) is 0 Å². The molecule has 0 atom stereocenters. The minimum atomic E-state index is 0.467. The van der Waals surface area contributed by atoms with Crippen LogP contribution in [-0.4, -0.2) is 14.2 Å². The molecule has 0 fully saturated rings. The first-order valence-corrected chi connectivity index (χ1v) is 8.55. The van der Waals surface area contributed by atoms with Gasteiger partial charge in [-0.3, -0.25) is 0 Å². The van der Waals surface area contributed by atoms with Crippen LogP contribution in [0.3, 0.4) is 0 Å². The van der Waals surface area contributed by atoms with Crippen LogP contribution in [0, 0.1) is 11.3 Å². The summed E-state index contributed by atoms with van der Waals surface area (Å²) in [6.45, 7) is 0. The van der Waals surface area contributed by atoms with E-state index in [4.69, 9.17) is 37.9 Å². The molecule has 0 amide bonds. The number of ether oxygens (including phenoxy) is 2. The Kier molecular flexibility index (Phi) is 5.37. The van der Waals surface area contributed by atoms with E-state index >= 15 is 0 Å². The monoisotopic (exact) mass is 383 g/mol. The van der Waals surface area contributed by atoms with Gasteiger partial charge in [0.05, 0.1) is 25.9 Å². The molecule has 0 aromatic heterocycles. The van der Waals surface area contributed by atoms with Crippen LogP contribution in [0.1, 0.15) is 5.56 Å². The average Bonchev–Trinajstić information content (AvgIpc) is 2.67. The molecular formula is C21H15Cl2NO2. The summed E-state index contributed by atoms with van der Waals surface area (Å²) in [6, 6.07) is 18.5. The molecule has 0 radical (unpaired) electrons. The van der Waals surface area contributed by atoms with Gasteiger partial charge >= 0.3 is 0 Å². The number of methoxy groups -OCH3 is 2. The van der Waals surface area contributed by atoms with Crippen LogP contribution in [-0.2, 0) is 0 Å². The zero-order chi connectivity index (χ0) is 18.7. The summed E-state index contributed by atoms with van der Waals surface area (Å²) in [4.78, 5) is 0. The fourth-order valence-electron chi connectivity index (χ4n) is 2.80. The van der Waals surface area contributed by atoms with E-state index in [0.29, 0.717) is 27.1 Å². The Labute approximate surface area is 162 Å². The summed E-state index contributed by atoms with van der Waals surface area (Å²) in [7, 11) is 3.20. The number of rotatable bonds is 4. The Morgan fingerprint density at radius 3 is 1.81 bits per heavy atom. The molecule has 3 aromatic carbocycles. The molecule has 0 spiro atoms. The summed E-state index contributed by atoms with van der Waals surface area (Å²) in [5.41, 5.74) is 3.70. The number of hydrogen-bond acceptors (Lipinski definition) is 3. The molecular weight excluding hydrogens is 369 g/mol. The van der Waals surface area contributed by atoms with Crippen LogP contribution in [0.15, 0.2) is 54.6 Å². The third-order valence-corrected chi connectivity index (χ3v) is 4.72. The highest BCUT2D eigenvalue weighted by molar-refractivity contribution is 6.34. The number of benzene rings is 3. The van der Waals surface area contributed by atoms with Gasteiger partial charge in [0, 0.05) is 32.3 Å². The first-order chi connectivity index (χ1) is 12.6. The minimum absolute atomic E-state index is 0.467. The second kappa shape index (κ2) is 7.70. The molecule has 3 rings (SSSR count). The van der Waals surface area contributed by atoms with Gasteiger partial charge in [-0.25, -0.2) is 0 Å². The molecule has 0 bridgehead atoms. The largest absolute Gasteiger partial charge is 0.496 e. The summed E-state index contributed by atoms with van der Waals surface area (Å²) in [6.07, 6.45) is 0. The summed E-state index contributed by atoms with van der Waals surface area (Å²) < 4.78 is 11.2. The Bertz CT molecular complexity index is 1010. The summed E-state index contributed by atoms with van der Waals surface area (Å²) in [5, 5.41) is 10.1. The van der Waals surface area contributed by atoms with Crippen molar-refractivity contribution >= 4 is 23.2 Å². The maximum Gasteiger partial charge on any atom is 0.127 e. The van der Waals surface area contributed by atoms with E-state index < -0.39 is 0 Å². The van der Waals surface area contributed by atoms with Crippen molar-refractivity contribution in [1.29, 1.82) is 5.26 Å². The molecule has 0 saturated carbocycles. The topological polar surface area (TPSA) is 42.2 Å². The van der Waals surface area contributed by atoms with Gasteiger partial charge in [-0.1, -0.05) is 47.5 Å². The fraction of sp³-hybridized carbons (Fsp3) is 0.0952. The van der Waals surface area contributed by atoms with Crippen LogP contribution < -0.4 is 9.47 Å². The van der Waals surface area contributed by atoms with Crippen LogP contribution in [0.4, 0.5) is 0 Å². The summed E-state index contributed by atoms with van der Waals surface area (Å²) >= 11 is 12.7. The second-order valence-corrected chi connectivity index (χ2v) is 6.35. The molecule has 3 nitrogen and oxygen atoms in total. The van der Waals surface area contributed by atoms with Crippen molar-refractivity contribution in [2.24, 2.45) is 0 Å². The van der Waals surface area contributed by atoms with Crippen LogP contribution in [0.5, 0.6) is 11.5 Å². The van der Waals surface area contributed by atoms with Gasteiger partial charge in [0.25, 0.3) is 0 Å². The molecule has 26 heavy (non-hydrogen) atoms. The molecule has 0 heterocycles. The molecule has 5 heteroatoms. The third kappa shape index (κ3) is 3.35. The Morgan fingerprint density at radius 2 is 1.31 bits per heavy atom. The zero-order valence-corrected chi connectivity index (χ0v) is 15.7. The van der Waals surface area contributed by atoms with Gasteiger partial charge in [-0.05, 0) is 30.3 Å². The lowest BCUT2D eigenvalue weighted by Gasteiger charge is -2.17. The predicted octanol–water partition coefficient (Wildman–Crippen LogP) is 6.22. The number of nitriles is 1. The third-order valence-electron chi connectivity index (χ3n) is 4.07. The van der Waals surface area contributed by atoms with Gasteiger partial charge in [-0.2, -0.15) is 5.26 Å². The first-order valence-electron chi connectivity index (χ1n) is 7.80.